The topological polar surface area (TPSA) is 117 Å². The average molecular weight is 342 g/mol. The standard InChI is InChI=1S/C17H18N4O4/c1-3-18-14-9-8-12(10-15(14)21(24)25)17(23)20-19-11(2)13-6-4-5-7-16(13)22/h4-10,18,22H,3H2,1-2H3,(H,20,23). The van der Waals surface area contributed by atoms with Gasteiger partial charge in [0.2, 0.25) is 0 Å². The Morgan fingerprint density at radius 1 is 1.28 bits per heavy atom. The number of rotatable bonds is 6. The van der Waals surface area contributed by atoms with E-state index in [-0.39, 0.29) is 17.0 Å². The number of aromatic hydroxyl groups is 1. The number of nitro benzene ring substituents is 1. The molecule has 8 nitrogen and oxygen atoms in total. The van der Waals surface area contributed by atoms with Gasteiger partial charge < -0.3 is 10.4 Å². The van der Waals surface area contributed by atoms with Crippen LogP contribution in [0.4, 0.5) is 11.4 Å². The SMILES string of the molecule is CCNc1ccc(C(=O)NN=C(C)c2ccccc2O)cc1[N+](=O)[O-]. The molecule has 0 spiro atoms. The van der Waals surface area contributed by atoms with E-state index >= 15 is 0 Å². The summed E-state index contributed by atoms with van der Waals surface area (Å²) in [6.45, 7) is 3.98. The molecule has 130 valence electrons. The van der Waals surface area contributed by atoms with Crippen LogP contribution in [-0.2, 0) is 0 Å². The predicted octanol–water partition coefficient (Wildman–Crippen LogP) is 2.89. The zero-order valence-electron chi connectivity index (χ0n) is 13.8. The molecule has 25 heavy (non-hydrogen) atoms. The molecule has 0 aliphatic carbocycles. The zero-order valence-corrected chi connectivity index (χ0v) is 13.8. The van der Waals surface area contributed by atoms with Crippen molar-refractivity contribution in [3.8, 4) is 5.75 Å². The van der Waals surface area contributed by atoms with Crippen molar-refractivity contribution in [2.45, 2.75) is 13.8 Å². The number of nitro groups is 1. The molecule has 3 N–H and O–H groups in total. The number of hydrogen-bond donors (Lipinski definition) is 3. The lowest BCUT2D eigenvalue weighted by molar-refractivity contribution is -0.384. The van der Waals surface area contributed by atoms with Crippen LogP contribution in [0.3, 0.4) is 0 Å². The Balaban J connectivity index is 2.21. The summed E-state index contributed by atoms with van der Waals surface area (Å²) in [6, 6.07) is 10.7. The molecular weight excluding hydrogens is 324 g/mol. The molecule has 2 rings (SSSR count). The van der Waals surface area contributed by atoms with Gasteiger partial charge in [0.25, 0.3) is 11.6 Å². The molecule has 0 saturated carbocycles. The quantitative estimate of drug-likeness (QED) is 0.424. The van der Waals surface area contributed by atoms with Crippen molar-refractivity contribution in [1.82, 2.24) is 5.43 Å². The number of hydrogen-bond acceptors (Lipinski definition) is 6. The number of phenols is 1. The summed E-state index contributed by atoms with van der Waals surface area (Å²) in [7, 11) is 0. The molecular formula is C17H18N4O4. The number of carbonyl (C=O) groups is 1. The van der Waals surface area contributed by atoms with E-state index in [2.05, 4.69) is 15.8 Å². The Hall–Kier alpha value is -3.42. The van der Waals surface area contributed by atoms with Gasteiger partial charge >= 0.3 is 0 Å². The number of nitrogens with one attached hydrogen (secondary N) is 2. The number of phenolic OH excluding ortho intramolecular Hbond substituents is 1. The molecule has 0 bridgehead atoms. The number of para-hydroxylation sites is 1. The van der Waals surface area contributed by atoms with Gasteiger partial charge in [-0.2, -0.15) is 5.10 Å². The first-order chi connectivity index (χ1) is 11.9. The van der Waals surface area contributed by atoms with Crippen molar-refractivity contribution in [1.29, 1.82) is 0 Å². The molecule has 0 aromatic heterocycles. The second-order valence-electron chi connectivity index (χ2n) is 5.17. The monoisotopic (exact) mass is 342 g/mol. The smallest absolute Gasteiger partial charge is 0.293 e. The molecule has 0 atom stereocenters. The van der Waals surface area contributed by atoms with E-state index in [1.807, 2.05) is 6.92 Å². The summed E-state index contributed by atoms with van der Waals surface area (Å²) in [5, 5.41) is 27.7. The molecule has 0 aliphatic rings. The molecule has 1 amide bonds. The summed E-state index contributed by atoms with van der Waals surface area (Å²) in [5.41, 5.74) is 3.50. The van der Waals surface area contributed by atoms with Crippen LogP contribution in [0.15, 0.2) is 47.6 Å². The number of hydrazone groups is 1. The highest BCUT2D eigenvalue weighted by molar-refractivity contribution is 6.02. The molecule has 0 radical (unpaired) electrons. The van der Waals surface area contributed by atoms with Crippen LogP contribution in [0.5, 0.6) is 5.75 Å². The molecule has 2 aromatic rings. The maximum absolute atomic E-state index is 12.2. The average Bonchev–Trinajstić information content (AvgIpc) is 2.60. The number of anilines is 1. The Morgan fingerprint density at radius 3 is 2.64 bits per heavy atom. The summed E-state index contributed by atoms with van der Waals surface area (Å²) in [5.74, 6) is -0.537. The van der Waals surface area contributed by atoms with Gasteiger partial charge in [-0.15, -0.1) is 0 Å². The van der Waals surface area contributed by atoms with Gasteiger partial charge in [-0.25, -0.2) is 5.43 Å². The number of amides is 1. The van der Waals surface area contributed by atoms with Crippen LogP contribution >= 0.6 is 0 Å². The van der Waals surface area contributed by atoms with Gasteiger partial charge in [-0.3, -0.25) is 14.9 Å². The lowest BCUT2D eigenvalue weighted by Crippen LogP contribution is -2.19. The summed E-state index contributed by atoms with van der Waals surface area (Å²) in [6.07, 6.45) is 0. The predicted molar refractivity (Wildman–Crippen MR) is 95.0 cm³/mol. The molecule has 2 aromatic carbocycles. The van der Waals surface area contributed by atoms with Gasteiger partial charge in [0.15, 0.2) is 0 Å². The van der Waals surface area contributed by atoms with Crippen LogP contribution in [-0.4, -0.2) is 28.2 Å². The summed E-state index contributed by atoms with van der Waals surface area (Å²) in [4.78, 5) is 22.8. The minimum absolute atomic E-state index is 0.0450. The van der Waals surface area contributed by atoms with Crippen molar-refractivity contribution < 1.29 is 14.8 Å². The zero-order chi connectivity index (χ0) is 18.4. The maximum atomic E-state index is 12.2. The van der Waals surface area contributed by atoms with E-state index in [1.54, 1.807) is 25.1 Å². The van der Waals surface area contributed by atoms with Crippen LogP contribution in [0.25, 0.3) is 0 Å². The van der Waals surface area contributed by atoms with E-state index in [0.717, 1.165) is 0 Å². The largest absolute Gasteiger partial charge is 0.507 e. The minimum Gasteiger partial charge on any atom is -0.507 e. The van der Waals surface area contributed by atoms with E-state index < -0.39 is 10.8 Å². The van der Waals surface area contributed by atoms with Gasteiger partial charge in [0, 0.05) is 23.7 Å². The van der Waals surface area contributed by atoms with E-state index in [9.17, 15) is 20.0 Å². The first-order valence-corrected chi connectivity index (χ1v) is 7.59. The van der Waals surface area contributed by atoms with Crippen molar-refractivity contribution in [3.63, 3.8) is 0 Å². The first-order valence-electron chi connectivity index (χ1n) is 7.59. The van der Waals surface area contributed by atoms with Crippen molar-refractivity contribution in [2.24, 2.45) is 5.10 Å². The molecule has 0 unspecified atom stereocenters. The second kappa shape index (κ2) is 7.91. The van der Waals surface area contributed by atoms with Crippen LogP contribution in [0.1, 0.15) is 29.8 Å². The Bertz CT molecular complexity index is 833. The highest BCUT2D eigenvalue weighted by atomic mass is 16.6. The number of carbonyl (C=O) groups excluding carboxylic acids is 1. The normalized spacial score (nSPS) is 11.0. The molecule has 0 fully saturated rings. The van der Waals surface area contributed by atoms with Gasteiger partial charge in [0.1, 0.15) is 11.4 Å². The van der Waals surface area contributed by atoms with Crippen molar-refractivity contribution >= 4 is 23.0 Å². The highest BCUT2D eigenvalue weighted by Gasteiger charge is 2.17. The van der Waals surface area contributed by atoms with Crippen molar-refractivity contribution in [3.05, 3.63) is 63.7 Å². The molecule has 8 heteroatoms. The number of benzene rings is 2. The third-order valence-electron chi connectivity index (χ3n) is 3.44. The van der Waals surface area contributed by atoms with E-state index in [1.165, 1.54) is 24.3 Å². The lowest BCUT2D eigenvalue weighted by atomic mass is 10.1. The van der Waals surface area contributed by atoms with Gasteiger partial charge in [0.05, 0.1) is 10.6 Å². The van der Waals surface area contributed by atoms with Crippen LogP contribution in [0, 0.1) is 10.1 Å². The summed E-state index contributed by atoms with van der Waals surface area (Å²) < 4.78 is 0. The highest BCUT2D eigenvalue weighted by Crippen LogP contribution is 2.25. The molecule has 0 saturated heterocycles. The van der Waals surface area contributed by atoms with Gasteiger partial charge in [-0.05, 0) is 38.1 Å². The second-order valence-corrected chi connectivity index (χ2v) is 5.17. The maximum Gasteiger partial charge on any atom is 0.293 e. The van der Waals surface area contributed by atoms with Crippen molar-refractivity contribution in [2.75, 3.05) is 11.9 Å². The lowest BCUT2D eigenvalue weighted by Gasteiger charge is -2.07. The van der Waals surface area contributed by atoms with E-state index in [0.29, 0.717) is 23.5 Å². The van der Waals surface area contributed by atoms with Gasteiger partial charge in [-0.1, -0.05) is 12.1 Å². The minimum atomic E-state index is -0.582. The Labute approximate surface area is 144 Å². The summed E-state index contributed by atoms with van der Waals surface area (Å²) >= 11 is 0. The number of nitrogens with zero attached hydrogens (tertiary/aromatic N) is 2. The third kappa shape index (κ3) is 4.31. The molecule has 0 heterocycles. The van der Waals surface area contributed by atoms with E-state index in [4.69, 9.17) is 0 Å². The van der Waals surface area contributed by atoms with Crippen LogP contribution in [0.2, 0.25) is 0 Å². The Kier molecular flexibility index (Phi) is 5.67. The first kappa shape index (κ1) is 17.9. The third-order valence-corrected chi connectivity index (χ3v) is 3.44. The molecule has 0 aliphatic heterocycles. The fourth-order valence-corrected chi connectivity index (χ4v) is 2.20. The van der Waals surface area contributed by atoms with Crippen LogP contribution < -0.4 is 10.7 Å². The Morgan fingerprint density at radius 2 is 2.00 bits per heavy atom. The fourth-order valence-electron chi connectivity index (χ4n) is 2.20. The fraction of sp³-hybridized carbons (Fsp3) is 0.176.